The molecule has 2 unspecified atom stereocenters. The Morgan fingerprint density at radius 3 is 3.14 bits per heavy atom. The van der Waals surface area contributed by atoms with Crippen molar-refractivity contribution >= 4 is 11.8 Å². The SMILES string of the molecule is Cc1cc(NC(=O)CN2CCCC(C3CCCN3)C2)on1. The van der Waals surface area contributed by atoms with Crippen molar-refractivity contribution in [2.24, 2.45) is 5.92 Å². The minimum absolute atomic E-state index is 0.0221. The molecule has 1 aromatic rings. The molecule has 6 nitrogen and oxygen atoms in total. The summed E-state index contributed by atoms with van der Waals surface area (Å²) in [7, 11) is 0. The highest BCUT2D eigenvalue weighted by Gasteiger charge is 2.29. The number of anilines is 1. The van der Waals surface area contributed by atoms with Crippen LogP contribution in [0.25, 0.3) is 0 Å². The number of hydrogen-bond donors (Lipinski definition) is 2. The highest BCUT2D eigenvalue weighted by molar-refractivity contribution is 5.90. The highest BCUT2D eigenvalue weighted by atomic mass is 16.5. The monoisotopic (exact) mass is 292 g/mol. The Morgan fingerprint density at radius 2 is 2.43 bits per heavy atom. The Bertz CT molecular complexity index is 482. The highest BCUT2D eigenvalue weighted by Crippen LogP contribution is 2.24. The molecule has 2 saturated heterocycles. The van der Waals surface area contributed by atoms with Crippen molar-refractivity contribution in [3.63, 3.8) is 0 Å². The van der Waals surface area contributed by atoms with E-state index in [-0.39, 0.29) is 5.91 Å². The van der Waals surface area contributed by atoms with E-state index in [2.05, 4.69) is 20.7 Å². The van der Waals surface area contributed by atoms with E-state index in [1.54, 1.807) is 6.07 Å². The van der Waals surface area contributed by atoms with Crippen molar-refractivity contribution in [1.82, 2.24) is 15.4 Å². The third-order valence-electron chi connectivity index (χ3n) is 4.47. The number of likely N-dealkylation sites (tertiary alicyclic amines) is 1. The maximum Gasteiger partial charge on any atom is 0.240 e. The summed E-state index contributed by atoms with van der Waals surface area (Å²) >= 11 is 0. The van der Waals surface area contributed by atoms with Gasteiger partial charge in [0, 0.05) is 18.7 Å². The third-order valence-corrected chi connectivity index (χ3v) is 4.47. The molecule has 0 bridgehead atoms. The Balaban J connectivity index is 1.48. The molecule has 2 atom stereocenters. The molecule has 3 rings (SSSR count). The fraction of sp³-hybridized carbons (Fsp3) is 0.733. The van der Waals surface area contributed by atoms with Gasteiger partial charge < -0.3 is 9.84 Å². The number of nitrogens with one attached hydrogen (secondary N) is 2. The Morgan fingerprint density at radius 1 is 1.52 bits per heavy atom. The van der Waals surface area contributed by atoms with Gasteiger partial charge in [0.25, 0.3) is 0 Å². The summed E-state index contributed by atoms with van der Waals surface area (Å²) in [6, 6.07) is 2.38. The second kappa shape index (κ2) is 6.58. The van der Waals surface area contributed by atoms with Gasteiger partial charge >= 0.3 is 0 Å². The minimum Gasteiger partial charge on any atom is -0.338 e. The molecule has 1 amide bonds. The maximum absolute atomic E-state index is 12.1. The van der Waals surface area contributed by atoms with E-state index in [1.807, 2.05) is 6.92 Å². The van der Waals surface area contributed by atoms with Crippen LogP contribution in [0.5, 0.6) is 0 Å². The van der Waals surface area contributed by atoms with Gasteiger partial charge in [-0.1, -0.05) is 5.16 Å². The van der Waals surface area contributed by atoms with Gasteiger partial charge in [0.05, 0.1) is 12.2 Å². The van der Waals surface area contributed by atoms with Crippen LogP contribution in [0.15, 0.2) is 10.6 Å². The Labute approximate surface area is 125 Å². The number of aryl methyl sites for hydroxylation is 1. The van der Waals surface area contributed by atoms with E-state index >= 15 is 0 Å². The van der Waals surface area contributed by atoms with Gasteiger partial charge in [0.1, 0.15) is 0 Å². The van der Waals surface area contributed by atoms with Crippen molar-refractivity contribution in [2.45, 2.75) is 38.6 Å². The van der Waals surface area contributed by atoms with Gasteiger partial charge in [-0.15, -0.1) is 0 Å². The summed E-state index contributed by atoms with van der Waals surface area (Å²) in [6.07, 6.45) is 5.02. The number of carbonyl (C=O) groups is 1. The fourth-order valence-electron chi connectivity index (χ4n) is 3.48. The molecule has 0 spiro atoms. The van der Waals surface area contributed by atoms with E-state index in [4.69, 9.17) is 4.52 Å². The lowest BCUT2D eigenvalue weighted by atomic mass is 9.90. The summed E-state index contributed by atoms with van der Waals surface area (Å²) in [6.45, 7) is 5.44. The van der Waals surface area contributed by atoms with Crippen molar-refractivity contribution in [3.8, 4) is 0 Å². The predicted molar refractivity (Wildman–Crippen MR) is 80.1 cm³/mol. The van der Waals surface area contributed by atoms with Gasteiger partial charge in [-0.05, 0) is 51.6 Å². The molecule has 2 fully saturated rings. The molecule has 2 N–H and O–H groups in total. The summed E-state index contributed by atoms with van der Waals surface area (Å²) in [5, 5.41) is 10.1. The van der Waals surface area contributed by atoms with E-state index in [1.165, 1.54) is 25.7 Å². The zero-order chi connectivity index (χ0) is 14.7. The van der Waals surface area contributed by atoms with E-state index < -0.39 is 0 Å². The second-order valence-electron chi connectivity index (χ2n) is 6.22. The van der Waals surface area contributed by atoms with Gasteiger partial charge in [-0.25, -0.2) is 0 Å². The summed E-state index contributed by atoms with van der Waals surface area (Å²) in [4.78, 5) is 14.3. The van der Waals surface area contributed by atoms with Crippen LogP contribution in [-0.2, 0) is 4.79 Å². The van der Waals surface area contributed by atoms with E-state index in [9.17, 15) is 4.79 Å². The normalized spacial score (nSPS) is 26.9. The number of aromatic nitrogens is 1. The fourth-order valence-corrected chi connectivity index (χ4v) is 3.48. The maximum atomic E-state index is 12.1. The molecule has 2 aliphatic heterocycles. The van der Waals surface area contributed by atoms with Crippen LogP contribution in [0.3, 0.4) is 0 Å². The minimum atomic E-state index is -0.0221. The first kappa shape index (κ1) is 14.5. The average molecular weight is 292 g/mol. The van der Waals surface area contributed by atoms with Crippen molar-refractivity contribution in [1.29, 1.82) is 0 Å². The molecule has 0 aliphatic carbocycles. The van der Waals surface area contributed by atoms with Gasteiger partial charge in [-0.2, -0.15) is 0 Å². The number of rotatable bonds is 4. The molecule has 116 valence electrons. The predicted octanol–water partition coefficient (Wildman–Crippen LogP) is 1.39. The third kappa shape index (κ3) is 3.83. The quantitative estimate of drug-likeness (QED) is 0.877. The van der Waals surface area contributed by atoms with Crippen LogP contribution >= 0.6 is 0 Å². The Kier molecular flexibility index (Phi) is 4.55. The van der Waals surface area contributed by atoms with Crippen LogP contribution in [0.1, 0.15) is 31.4 Å². The van der Waals surface area contributed by atoms with Crippen molar-refractivity contribution < 1.29 is 9.32 Å². The molecule has 6 heteroatoms. The number of carbonyl (C=O) groups excluding carboxylic acids is 1. The first-order valence-corrected chi connectivity index (χ1v) is 7.89. The van der Waals surface area contributed by atoms with Gasteiger partial charge in [0.2, 0.25) is 11.8 Å². The molecule has 2 aliphatic rings. The molecule has 1 aromatic heterocycles. The van der Waals surface area contributed by atoms with Crippen LogP contribution < -0.4 is 10.6 Å². The van der Waals surface area contributed by atoms with E-state index in [0.717, 1.165) is 25.3 Å². The molecule has 21 heavy (non-hydrogen) atoms. The number of nitrogens with zero attached hydrogens (tertiary/aromatic N) is 2. The summed E-state index contributed by atoms with van der Waals surface area (Å²) in [5.74, 6) is 1.09. The largest absolute Gasteiger partial charge is 0.338 e. The van der Waals surface area contributed by atoms with E-state index in [0.29, 0.717) is 24.4 Å². The van der Waals surface area contributed by atoms with Crippen LogP contribution in [0.4, 0.5) is 5.88 Å². The molecule has 0 saturated carbocycles. The first-order valence-electron chi connectivity index (χ1n) is 7.89. The molecule has 0 radical (unpaired) electrons. The van der Waals surface area contributed by atoms with Crippen molar-refractivity contribution in [2.75, 3.05) is 31.5 Å². The smallest absolute Gasteiger partial charge is 0.240 e. The summed E-state index contributed by atoms with van der Waals surface area (Å²) in [5.41, 5.74) is 0.774. The van der Waals surface area contributed by atoms with Crippen LogP contribution in [0.2, 0.25) is 0 Å². The lowest BCUT2D eigenvalue weighted by Crippen LogP contribution is -2.45. The standard InChI is InChI=1S/C15H24N4O2/c1-11-8-15(21-18-11)17-14(20)10-19-7-3-4-12(9-19)13-5-2-6-16-13/h8,12-13,16H,2-7,9-10H2,1H3,(H,17,20). The zero-order valence-electron chi connectivity index (χ0n) is 12.6. The van der Waals surface area contributed by atoms with Gasteiger partial charge in [0.15, 0.2) is 0 Å². The number of amides is 1. The lowest BCUT2D eigenvalue weighted by Gasteiger charge is -2.35. The second-order valence-corrected chi connectivity index (χ2v) is 6.22. The molecular formula is C15H24N4O2. The Hall–Kier alpha value is -1.40. The zero-order valence-corrected chi connectivity index (χ0v) is 12.6. The molecule has 3 heterocycles. The first-order chi connectivity index (χ1) is 10.2. The number of hydrogen-bond acceptors (Lipinski definition) is 5. The summed E-state index contributed by atoms with van der Waals surface area (Å²) < 4.78 is 5.02. The molecule has 0 aromatic carbocycles. The topological polar surface area (TPSA) is 70.4 Å². The van der Waals surface area contributed by atoms with Crippen molar-refractivity contribution in [3.05, 3.63) is 11.8 Å². The molecular weight excluding hydrogens is 268 g/mol. The van der Waals surface area contributed by atoms with Crippen LogP contribution in [-0.4, -0.2) is 48.2 Å². The van der Waals surface area contributed by atoms with Gasteiger partial charge in [-0.3, -0.25) is 15.0 Å². The average Bonchev–Trinajstić information content (AvgIpc) is 3.11. The van der Waals surface area contributed by atoms with Crippen LogP contribution in [0, 0.1) is 12.8 Å². The number of piperidine rings is 1. The lowest BCUT2D eigenvalue weighted by molar-refractivity contribution is -0.117.